The van der Waals surface area contributed by atoms with E-state index in [1.165, 1.54) is 20.8 Å². The first-order valence-electron chi connectivity index (χ1n) is 16.8. The van der Waals surface area contributed by atoms with Crippen molar-refractivity contribution < 1.29 is 44.1 Å². The summed E-state index contributed by atoms with van der Waals surface area (Å²) in [6, 6.07) is 19.7. The Morgan fingerprint density at radius 1 is 0.473 bits per heavy atom. The van der Waals surface area contributed by atoms with Crippen molar-refractivity contribution in [1.82, 2.24) is 30.9 Å². The van der Waals surface area contributed by atoms with Crippen LogP contribution in [-0.2, 0) is 48.0 Å². The summed E-state index contributed by atoms with van der Waals surface area (Å²) in [4.78, 5) is 74.9. The SMILES string of the molecule is CC(=O)NC(Cc1c[nH]c2ccccc12)C(=O)[O-].CC(=O)NC(Cc1c[nH]c2ccccc12)C(=O)[O-].CC(=O)NC(Cc1c[nH]c2ccccc12)C(=O)[O-].[Al+3]. The molecule has 3 heterocycles. The van der Waals surface area contributed by atoms with Crippen LogP contribution >= 0.6 is 0 Å². The second-order valence-corrected chi connectivity index (χ2v) is 12.4. The molecule has 6 N–H and O–H groups in total. The fourth-order valence-corrected chi connectivity index (χ4v) is 5.88. The predicted molar refractivity (Wildman–Crippen MR) is 200 cm³/mol. The van der Waals surface area contributed by atoms with Crippen LogP contribution in [0.1, 0.15) is 37.5 Å². The summed E-state index contributed by atoms with van der Waals surface area (Å²) in [5, 5.41) is 42.8. The molecule has 15 nitrogen and oxygen atoms in total. The smallest absolute Gasteiger partial charge is 0.548 e. The van der Waals surface area contributed by atoms with Crippen molar-refractivity contribution in [2.75, 3.05) is 0 Å². The molecule has 0 aliphatic carbocycles. The second-order valence-electron chi connectivity index (χ2n) is 12.4. The maximum absolute atomic E-state index is 11.0. The van der Waals surface area contributed by atoms with E-state index in [1.807, 2.05) is 72.8 Å². The Bertz CT molecular complexity index is 2030. The monoisotopic (exact) mass is 762 g/mol. The largest absolute Gasteiger partial charge is 3.00 e. The number of benzene rings is 3. The van der Waals surface area contributed by atoms with E-state index >= 15 is 0 Å². The molecule has 6 aromatic rings. The molecule has 0 saturated carbocycles. The number of aromatic nitrogens is 3. The van der Waals surface area contributed by atoms with Crippen LogP contribution in [-0.4, -0.2) is 86.1 Å². The number of nitrogens with one attached hydrogen (secondary N) is 6. The molecule has 6 rings (SSSR count). The number of H-pyrrole nitrogens is 3. The van der Waals surface area contributed by atoms with Gasteiger partial charge in [-0.2, -0.15) is 0 Å². The average molecular weight is 763 g/mol. The molecule has 55 heavy (non-hydrogen) atoms. The van der Waals surface area contributed by atoms with Crippen LogP contribution in [0, 0.1) is 0 Å². The molecule has 3 unspecified atom stereocenters. The van der Waals surface area contributed by atoms with Crippen LogP contribution in [0.2, 0.25) is 0 Å². The van der Waals surface area contributed by atoms with Crippen molar-refractivity contribution in [2.24, 2.45) is 0 Å². The number of aromatic amines is 3. The van der Waals surface area contributed by atoms with Crippen molar-refractivity contribution in [1.29, 1.82) is 0 Å². The number of carboxylic acid groups (broad SMARTS) is 3. The van der Waals surface area contributed by atoms with Gasteiger partial charge in [-0.1, -0.05) is 54.6 Å². The van der Waals surface area contributed by atoms with Gasteiger partial charge in [0.1, 0.15) is 0 Å². The van der Waals surface area contributed by atoms with E-state index in [4.69, 9.17) is 0 Å². The van der Waals surface area contributed by atoms with Gasteiger partial charge in [0, 0.05) is 91.3 Å². The topological polar surface area (TPSA) is 255 Å². The number of carbonyl (C=O) groups excluding carboxylic acids is 6. The molecule has 0 aliphatic rings. The molecule has 3 aromatic heterocycles. The number of rotatable bonds is 12. The van der Waals surface area contributed by atoms with E-state index in [0.29, 0.717) is 0 Å². The van der Waals surface area contributed by atoms with Crippen LogP contribution in [0.25, 0.3) is 32.7 Å². The Balaban J connectivity index is 0.000000220. The molecule has 0 radical (unpaired) electrons. The fourth-order valence-electron chi connectivity index (χ4n) is 5.88. The number of hydrogen-bond donors (Lipinski definition) is 6. The van der Waals surface area contributed by atoms with Crippen LogP contribution in [0.4, 0.5) is 0 Å². The molecular formula is C39H39AlN6O9. The molecular weight excluding hydrogens is 723 g/mol. The predicted octanol–water partition coefficient (Wildman–Crippen LogP) is -0.486. The van der Waals surface area contributed by atoms with Gasteiger partial charge in [-0.05, 0) is 34.9 Å². The van der Waals surface area contributed by atoms with Crippen LogP contribution in [0.5, 0.6) is 0 Å². The van der Waals surface area contributed by atoms with Gasteiger partial charge in [0.2, 0.25) is 17.7 Å². The fraction of sp³-hybridized carbons (Fsp3) is 0.231. The van der Waals surface area contributed by atoms with Crippen molar-refractivity contribution in [3.63, 3.8) is 0 Å². The molecule has 0 saturated heterocycles. The van der Waals surface area contributed by atoms with Crippen molar-refractivity contribution in [3.05, 3.63) is 108 Å². The Labute approximate surface area is 326 Å². The van der Waals surface area contributed by atoms with E-state index in [0.717, 1.165) is 49.4 Å². The minimum Gasteiger partial charge on any atom is -0.548 e. The second kappa shape index (κ2) is 20.2. The Hall–Kier alpha value is -6.37. The summed E-state index contributed by atoms with van der Waals surface area (Å²) in [6.45, 7) is 3.85. The summed E-state index contributed by atoms with van der Waals surface area (Å²) in [7, 11) is 0. The van der Waals surface area contributed by atoms with Crippen molar-refractivity contribution >= 4 is 85.7 Å². The molecule has 0 bridgehead atoms. The standard InChI is InChI=1S/3C13H14N2O3.Al/c3*1-8(16)15-12(13(17)18)6-9-7-14-11-5-3-2-4-10(9)11;/h3*2-5,7,12,14H,6H2,1H3,(H,15,16)(H,17,18);/q;;;+3/p-3. The van der Waals surface area contributed by atoms with Crippen LogP contribution in [0.3, 0.4) is 0 Å². The zero-order valence-corrected chi connectivity index (χ0v) is 31.4. The average Bonchev–Trinajstić information content (AvgIpc) is 3.85. The van der Waals surface area contributed by atoms with Gasteiger partial charge in [0.05, 0.1) is 36.0 Å². The normalized spacial score (nSPS) is 12.1. The molecule has 16 heteroatoms. The van der Waals surface area contributed by atoms with Gasteiger partial charge in [-0.15, -0.1) is 0 Å². The van der Waals surface area contributed by atoms with E-state index < -0.39 is 36.0 Å². The molecule has 3 atom stereocenters. The van der Waals surface area contributed by atoms with Gasteiger partial charge in [0.15, 0.2) is 0 Å². The van der Waals surface area contributed by atoms with Crippen LogP contribution < -0.4 is 31.3 Å². The summed E-state index contributed by atoms with van der Waals surface area (Å²) in [6.07, 6.45) is 5.86. The Morgan fingerprint density at radius 3 is 0.927 bits per heavy atom. The third-order valence-corrected chi connectivity index (χ3v) is 8.28. The zero-order valence-electron chi connectivity index (χ0n) is 30.3. The maximum Gasteiger partial charge on any atom is 3.00 e. The Kier molecular flexibility index (Phi) is 15.8. The molecule has 3 aromatic carbocycles. The number of carbonyl (C=O) groups is 6. The van der Waals surface area contributed by atoms with Gasteiger partial charge in [-0.25, -0.2) is 0 Å². The number of carboxylic acids is 3. The molecule has 3 amide bonds. The summed E-state index contributed by atoms with van der Waals surface area (Å²) >= 11 is 0. The molecule has 0 fully saturated rings. The number of hydrogen-bond acceptors (Lipinski definition) is 9. The van der Waals surface area contributed by atoms with E-state index in [9.17, 15) is 44.1 Å². The quantitative estimate of drug-likeness (QED) is 0.0879. The van der Waals surface area contributed by atoms with E-state index in [2.05, 4.69) is 30.9 Å². The first kappa shape index (κ1) is 43.0. The minimum atomic E-state index is -1.28. The summed E-state index contributed by atoms with van der Waals surface area (Å²) in [5.74, 6) is -5.00. The molecule has 282 valence electrons. The van der Waals surface area contributed by atoms with Gasteiger partial charge in [-0.3, -0.25) is 14.4 Å². The third-order valence-electron chi connectivity index (χ3n) is 8.28. The number of fused-ring (bicyclic) bond motifs is 3. The molecule has 0 spiro atoms. The van der Waals surface area contributed by atoms with Gasteiger partial charge in [0.25, 0.3) is 0 Å². The van der Waals surface area contributed by atoms with Gasteiger partial charge >= 0.3 is 17.4 Å². The number of para-hydroxylation sites is 3. The van der Waals surface area contributed by atoms with Crippen molar-refractivity contribution in [2.45, 2.75) is 58.2 Å². The van der Waals surface area contributed by atoms with Crippen LogP contribution in [0.15, 0.2) is 91.4 Å². The zero-order chi connectivity index (χ0) is 39.4. The number of aliphatic carboxylic acids is 3. The first-order chi connectivity index (χ1) is 25.7. The Morgan fingerprint density at radius 2 is 0.709 bits per heavy atom. The third kappa shape index (κ3) is 12.3. The van der Waals surface area contributed by atoms with E-state index in [1.54, 1.807) is 18.6 Å². The van der Waals surface area contributed by atoms with Crippen molar-refractivity contribution in [3.8, 4) is 0 Å². The van der Waals surface area contributed by atoms with Gasteiger partial charge < -0.3 is 60.6 Å². The molecule has 0 aliphatic heterocycles. The minimum absolute atomic E-state index is 0. The van der Waals surface area contributed by atoms with E-state index in [-0.39, 0.29) is 54.3 Å². The number of amides is 3. The first-order valence-corrected chi connectivity index (χ1v) is 16.8. The summed E-state index contributed by atoms with van der Waals surface area (Å²) in [5.41, 5.74) is 5.34. The maximum atomic E-state index is 11.0. The summed E-state index contributed by atoms with van der Waals surface area (Å²) < 4.78 is 0.